The zero-order valence-corrected chi connectivity index (χ0v) is 7.52. The Bertz CT molecular complexity index is 6.00. The molecule has 0 atom stereocenters. The van der Waals surface area contributed by atoms with Crippen molar-refractivity contribution in [3.05, 3.63) is 0 Å². The van der Waals surface area contributed by atoms with E-state index in [0.717, 1.165) is 0 Å². The molecule has 0 aromatic rings. The van der Waals surface area contributed by atoms with Gasteiger partial charge in [0.1, 0.15) is 0 Å². The standard InChI is InChI=1S/FH.O.2Sn/h1H;;;. The van der Waals surface area contributed by atoms with Gasteiger partial charge >= 0.3 is 25.6 Å². The zero-order valence-electron chi connectivity index (χ0n) is 1.82. The van der Waals surface area contributed by atoms with Crippen LogP contribution in [0.3, 0.4) is 0 Å². The van der Waals surface area contributed by atoms with Crippen LogP contribution < -0.4 is 0 Å². The molecular weight excluding hydrogens is 272 g/mol. The number of hydrogen-bond acceptors (Lipinski definition) is 1. The molecule has 0 amide bonds. The van der Waals surface area contributed by atoms with Crippen LogP contribution in [0.15, 0.2) is 0 Å². The average molecular weight is 273 g/mol. The van der Waals surface area contributed by atoms with Crippen LogP contribution in [0.1, 0.15) is 0 Å². The number of hydrogen-bond donors (Lipinski definition) is 0. The second-order valence-corrected chi connectivity index (χ2v) is 0. The molecule has 0 heterocycles. The van der Waals surface area contributed by atoms with Gasteiger partial charge in [0, 0.05) is 23.9 Å². The van der Waals surface area contributed by atoms with Crippen molar-refractivity contribution in [3.63, 3.8) is 0 Å². The second-order valence-electron chi connectivity index (χ2n) is 0. The van der Waals surface area contributed by atoms with E-state index in [1.807, 2.05) is 0 Å². The van der Waals surface area contributed by atoms with Gasteiger partial charge in [0.15, 0.2) is 0 Å². The summed E-state index contributed by atoms with van der Waals surface area (Å²) in [4.78, 5) is 0. The van der Waals surface area contributed by atoms with Gasteiger partial charge in [-0.05, 0) is 0 Å². The minimum atomic E-state index is 0. The summed E-state index contributed by atoms with van der Waals surface area (Å²) < 4.78 is 8.34. The van der Waals surface area contributed by atoms with E-state index in [9.17, 15) is 0 Å². The van der Waals surface area contributed by atoms with E-state index in [2.05, 4.69) is 0 Å². The van der Waals surface area contributed by atoms with Crippen molar-refractivity contribution in [2.24, 2.45) is 0 Å². The summed E-state index contributed by atoms with van der Waals surface area (Å²) in [7, 11) is 0. The summed E-state index contributed by atoms with van der Waals surface area (Å²) in [6, 6.07) is 0. The summed E-state index contributed by atoms with van der Waals surface area (Å²) in [5, 5.41) is 0. The van der Waals surface area contributed by atoms with Crippen LogP contribution in [-0.4, -0.2) is 46.4 Å². The Balaban J connectivity index is -0.00000000500. The van der Waals surface area contributed by atoms with E-state index in [0.29, 0.717) is 22.5 Å². The minimum Gasteiger partial charge on any atom is 0 e. The van der Waals surface area contributed by atoms with Crippen molar-refractivity contribution in [3.8, 4) is 0 Å². The maximum atomic E-state index is 8.34. The Morgan fingerprint density at radius 1 is 1.25 bits per heavy atom. The van der Waals surface area contributed by atoms with Crippen molar-refractivity contribution < 1.29 is 7.78 Å². The SMILES string of the molecule is F.[O]=[Sn].[Sn]. The normalized spacial score (nSPS) is 1.00. The first-order valence-electron chi connectivity index (χ1n) is 0.204. The van der Waals surface area contributed by atoms with Gasteiger partial charge in [-0.1, -0.05) is 0 Å². The van der Waals surface area contributed by atoms with Gasteiger partial charge in [-0.15, -0.1) is 0 Å². The van der Waals surface area contributed by atoms with Gasteiger partial charge < -0.3 is 0 Å². The smallest absolute Gasteiger partial charge is 0 e. The van der Waals surface area contributed by atoms with Crippen LogP contribution in [0.5, 0.6) is 0 Å². The maximum Gasteiger partial charge on any atom is 0 e. The largest absolute Gasteiger partial charge is 0 e. The zero-order chi connectivity index (χ0) is 2.00. The molecular formula is HFOSn2. The van der Waals surface area contributed by atoms with Crippen LogP contribution in [0, 0.1) is 0 Å². The first-order chi connectivity index (χ1) is 1.00. The third kappa shape index (κ3) is 10.2. The Labute approximate surface area is 53.9 Å². The molecule has 6 radical (unpaired) electrons. The fourth-order valence-corrected chi connectivity index (χ4v) is 0. The quantitative estimate of drug-likeness (QED) is 0.532. The third-order valence-corrected chi connectivity index (χ3v) is 0. The van der Waals surface area contributed by atoms with E-state index in [1.54, 1.807) is 0 Å². The molecule has 0 aromatic heterocycles. The van der Waals surface area contributed by atoms with E-state index in [-0.39, 0.29) is 28.6 Å². The van der Waals surface area contributed by atoms with Gasteiger partial charge in [-0.2, -0.15) is 0 Å². The molecule has 0 aliphatic heterocycles. The van der Waals surface area contributed by atoms with E-state index in [1.165, 1.54) is 0 Å². The molecule has 4 heteroatoms. The summed E-state index contributed by atoms with van der Waals surface area (Å²) in [6.07, 6.45) is 0. The van der Waals surface area contributed by atoms with E-state index >= 15 is 0 Å². The van der Waals surface area contributed by atoms with Crippen LogP contribution in [-0.2, 0) is 3.08 Å². The fourth-order valence-electron chi connectivity index (χ4n) is 0. The Hall–Kier alpha value is 1.33. The second kappa shape index (κ2) is 27.2. The first-order valence-corrected chi connectivity index (χ1v) is 1.37. The molecule has 0 fully saturated rings. The molecule has 0 saturated heterocycles. The Morgan fingerprint density at radius 2 is 1.25 bits per heavy atom. The predicted molar refractivity (Wildman–Crippen MR) is 14.7 cm³/mol. The van der Waals surface area contributed by atoms with Crippen LogP contribution in [0.2, 0.25) is 0 Å². The monoisotopic (exact) mass is 276 g/mol. The van der Waals surface area contributed by atoms with Gasteiger partial charge in [0.25, 0.3) is 0 Å². The molecule has 0 spiro atoms. The van der Waals surface area contributed by atoms with Crippen molar-refractivity contribution in [1.82, 2.24) is 0 Å². The van der Waals surface area contributed by atoms with Crippen molar-refractivity contribution in [1.29, 1.82) is 0 Å². The molecule has 0 aromatic carbocycles. The summed E-state index contributed by atoms with van der Waals surface area (Å²) in [5.41, 5.74) is 0. The summed E-state index contributed by atoms with van der Waals surface area (Å²) in [6.45, 7) is 0. The molecule has 0 rings (SSSR count). The van der Waals surface area contributed by atoms with E-state index in [4.69, 9.17) is 3.08 Å². The molecule has 22 valence electrons. The van der Waals surface area contributed by atoms with Crippen LogP contribution >= 0.6 is 0 Å². The maximum absolute atomic E-state index is 8.34. The Kier molecular flexibility index (Phi) is 125. The van der Waals surface area contributed by atoms with Crippen LogP contribution in [0.25, 0.3) is 0 Å². The summed E-state index contributed by atoms with van der Waals surface area (Å²) in [5.74, 6) is 0. The van der Waals surface area contributed by atoms with Gasteiger partial charge in [0.2, 0.25) is 0 Å². The van der Waals surface area contributed by atoms with Crippen molar-refractivity contribution >= 4 is 46.4 Å². The van der Waals surface area contributed by atoms with E-state index < -0.39 is 0 Å². The van der Waals surface area contributed by atoms with Gasteiger partial charge in [-0.25, -0.2) is 0 Å². The van der Waals surface area contributed by atoms with Gasteiger partial charge in [-0.3, -0.25) is 4.70 Å². The fraction of sp³-hybridized carbons (Fsp3) is 0. The van der Waals surface area contributed by atoms with Gasteiger partial charge in [0.05, 0.1) is 0 Å². The molecule has 0 aliphatic rings. The molecule has 4 heavy (non-hydrogen) atoms. The first kappa shape index (κ1) is 18.4. The molecule has 0 bridgehead atoms. The summed E-state index contributed by atoms with van der Waals surface area (Å²) >= 11 is 0.300. The predicted octanol–water partition coefficient (Wildman–Crippen LogP) is -0.728. The Morgan fingerprint density at radius 3 is 1.25 bits per heavy atom. The topological polar surface area (TPSA) is 17.1 Å². The minimum absolute atomic E-state index is 0. The number of rotatable bonds is 0. The molecule has 0 aliphatic carbocycles. The number of halogens is 1. The van der Waals surface area contributed by atoms with Crippen LogP contribution in [0.4, 0.5) is 4.70 Å². The van der Waals surface area contributed by atoms with Crippen molar-refractivity contribution in [2.45, 2.75) is 0 Å². The average Bonchev–Trinajstić information content (AvgIpc) is 1.00. The molecule has 1 nitrogen and oxygen atoms in total. The third-order valence-electron chi connectivity index (χ3n) is 0. The molecule has 0 saturated carbocycles. The van der Waals surface area contributed by atoms with Crippen molar-refractivity contribution in [2.75, 3.05) is 0 Å². The molecule has 0 N–H and O–H groups in total. The molecule has 0 unspecified atom stereocenters.